The molecule has 0 radical (unpaired) electrons. The van der Waals surface area contributed by atoms with Crippen LogP contribution < -0.4 is 4.72 Å². The van der Waals surface area contributed by atoms with Crippen LogP contribution in [0.15, 0.2) is 11.0 Å². The van der Waals surface area contributed by atoms with E-state index < -0.39 is 10.0 Å². The molecule has 1 N–H and O–H groups in total. The van der Waals surface area contributed by atoms with Crippen LogP contribution in [0.3, 0.4) is 0 Å². The van der Waals surface area contributed by atoms with Crippen molar-refractivity contribution in [2.75, 3.05) is 12.4 Å². The molecule has 8 heteroatoms. The molecule has 0 atom stereocenters. The Kier molecular flexibility index (Phi) is 7.28. The van der Waals surface area contributed by atoms with E-state index in [1.54, 1.807) is 0 Å². The van der Waals surface area contributed by atoms with Crippen molar-refractivity contribution in [3.8, 4) is 0 Å². The summed E-state index contributed by atoms with van der Waals surface area (Å²) < 4.78 is 26.8. The van der Waals surface area contributed by atoms with Crippen molar-refractivity contribution in [1.29, 1.82) is 0 Å². The molecule has 3 nitrogen and oxygen atoms in total. The highest BCUT2D eigenvalue weighted by Gasteiger charge is 2.20. The second kappa shape index (κ2) is 7.92. The van der Waals surface area contributed by atoms with Crippen LogP contribution in [-0.4, -0.2) is 20.8 Å². The number of thiophene rings is 1. The fraction of sp³-hybridized carbons (Fsp3) is 0.600. The second-order valence-corrected chi connectivity index (χ2v) is 8.09. The maximum Gasteiger partial charge on any atom is 0.242 e. The van der Waals surface area contributed by atoms with Gasteiger partial charge >= 0.3 is 0 Å². The molecule has 1 aromatic heterocycles. The monoisotopic (exact) mass is 349 g/mol. The minimum Gasteiger partial charge on any atom is -0.211 e. The fourth-order valence-electron chi connectivity index (χ4n) is 1.37. The highest BCUT2D eigenvalue weighted by molar-refractivity contribution is 7.89. The first-order chi connectivity index (χ1) is 8.47. The third kappa shape index (κ3) is 5.23. The molecule has 0 spiro atoms. The Balaban J connectivity index is 2.43. The largest absolute Gasteiger partial charge is 0.242 e. The number of rotatable bonds is 8. The minimum atomic E-state index is -3.54. The van der Waals surface area contributed by atoms with Crippen LogP contribution in [-0.2, 0) is 10.0 Å². The zero-order valence-corrected chi connectivity index (χ0v) is 13.5. The molecular weight excluding hydrogens is 337 g/mol. The fourth-order valence-corrected chi connectivity index (χ4v) is 4.78. The van der Waals surface area contributed by atoms with Crippen molar-refractivity contribution < 1.29 is 8.42 Å². The molecule has 104 valence electrons. The number of hydrogen-bond donors (Lipinski definition) is 1. The molecule has 0 aliphatic heterocycles. The van der Waals surface area contributed by atoms with Crippen LogP contribution in [0.5, 0.6) is 0 Å². The lowest BCUT2D eigenvalue weighted by Crippen LogP contribution is -2.24. The highest BCUT2D eigenvalue weighted by atomic mass is 35.5. The van der Waals surface area contributed by atoms with E-state index in [1.807, 2.05) is 0 Å². The Labute approximate surface area is 126 Å². The molecule has 0 aliphatic rings. The lowest BCUT2D eigenvalue weighted by atomic mass is 10.2. The number of hydrogen-bond acceptors (Lipinski definition) is 3. The summed E-state index contributed by atoms with van der Waals surface area (Å²) in [6.07, 6.45) is 3.70. The smallest absolute Gasteiger partial charge is 0.211 e. The van der Waals surface area contributed by atoms with Crippen molar-refractivity contribution in [2.45, 2.75) is 30.6 Å². The van der Waals surface area contributed by atoms with E-state index in [1.165, 1.54) is 6.07 Å². The summed E-state index contributed by atoms with van der Waals surface area (Å²) in [6, 6.07) is 1.37. The molecule has 1 aromatic rings. The Bertz CT molecular complexity index is 473. The standard InChI is InChI=1S/C10H14Cl3NO2S2/c11-5-3-1-2-4-6-14-18(15,16)8-7-9(12)17-10(8)13/h7,14H,1-6H2. The molecule has 0 amide bonds. The first-order valence-corrected chi connectivity index (χ1v) is 9.07. The maximum absolute atomic E-state index is 11.9. The van der Waals surface area contributed by atoms with Crippen molar-refractivity contribution >= 4 is 56.2 Å². The van der Waals surface area contributed by atoms with Crippen molar-refractivity contribution in [3.05, 3.63) is 14.7 Å². The van der Waals surface area contributed by atoms with Crippen molar-refractivity contribution in [3.63, 3.8) is 0 Å². The first kappa shape index (κ1) is 16.5. The van der Waals surface area contributed by atoms with Gasteiger partial charge in [0.15, 0.2) is 0 Å². The molecule has 18 heavy (non-hydrogen) atoms. The molecule has 0 saturated heterocycles. The highest BCUT2D eigenvalue weighted by Crippen LogP contribution is 2.33. The predicted octanol–water partition coefficient (Wildman–Crippen LogP) is 4.13. The van der Waals surface area contributed by atoms with Gasteiger partial charge in [-0.2, -0.15) is 0 Å². The number of nitrogens with one attached hydrogen (secondary N) is 1. The van der Waals surface area contributed by atoms with Gasteiger partial charge in [0, 0.05) is 12.4 Å². The van der Waals surface area contributed by atoms with Crippen LogP contribution in [0, 0.1) is 0 Å². The van der Waals surface area contributed by atoms with Gasteiger partial charge in [0.1, 0.15) is 9.23 Å². The summed E-state index contributed by atoms with van der Waals surface area (Å²) in [5.74, 6) is 0.648. The number of alkyl halides is 1. The van der Waals surface area contributed by atoms with Crippen LogP contribution in [0.25, 0.3) is 0 Å². The van der Waals surface area contributed by atoms with Crippen LogP contribution in [0.1, 0.15) is 25.7 Å². The zero-order valence-electron chi connectivity index (χ0n) is 9.59. The van der Waals surface area contributed by atoms with Crippen LogP contribution in [0.2, 0.25) is 8.67 Å². The Morgan fingerprint density at radius 1 is 1.17 bits per heavy atom. The topological polar surface area (TPSA) is 46.2 Å². The maximum atomic E-state index is 11.9. The number of unbranched alkanes of at least 4 members (excludes halogenated alkanes) is 3. The summed E-state index contributed by atoms with van der Waals surface area (Å²) in [4.78, 5) is 0.0555. The van der Waals surface area contributed by atoms with Gasteiger partial charge in [-0.25, -0.2) is 13.1 Å². The van der Waals surface area contributed by atoms with Crippen LogP contribution >= 0.6 is 46.1 Å². The van der Waals surface area contributed by atoms with E-state index >= 15 is 0 Å². The van der Waals surface area contributed by atoms with E-state index in [9.17, 15) is 8.42 Å². The van der Waals surface area contributed by atoms with Gasteiger partial charge in [0.25, 0.3) is 0 Å². The van der Waals surface area contributed by atoms with Crippen molar-refractivity contribution in [1.82, 2.24) is 4.72 Å². The Morgan fingerprint density at radius 2 is 1.83 bits per heavy atom. The SMILES string of the molecule is O=S(=O)(NCCCCCCCl)c1cc(Cl)sc1Cl. The molecule has 0 aromatic carbocycles. The molecular formula is C10H14Cl3NO2S2. The van der Waals surface area contributed by atoms with E-state index in [0.29, 0.717) is 16.8 Å². The first-order valence-electron chi connectivity index (χ1n) is 5.48. The average molecular weight is 351 g/mol. The zero-order chi connectivity index (χ0) is 13.6. The van der Waals surface area contributed by atoms with Gasteiger partial charge in [-0.15, -0.1) is 22.9 Å². The van der Waals surface area contributed by atoms with Crippen molar-refractivity contribution in [2.24, 2.45) is 0 Å². The Hall–Kier alpha value is 0.480. The number of halogens is 3. The second-order valence-electron chi connectivity index (χ2n) is 3.69. The van der Waals surface area contributed by atoms with Gasteiger partial charge in [0.2, 0.25) is 10.0 Å². The lowest BCUT2D eigenvalue weighted by Gasteiger charge is -2.05. The van der Waals surface area contributed by atoms with E-state index in [2.05, 4.69) is 4.72 Å². The molecule has 0 bridgehead atoms. The molecule has 1 rings (SSSR count). The van der Waals surface area contributed by atoms with E-state index in [0.717, 1.165) is 37.0 Å². The van der Waals surface area contributed by atoms with E-state index in [4.69, 9.17) is 34.8 Å². The number of sulfonamides is 1. The van der Waals surface area contributed by atoms with Gasteiger partial charge < -0.3 is 0 Å². The summed E-state index contributed by atoms with van der Waals surface area (Å²) in [6.45, 7) is 0.397. The molecule has 0 aliphatic carbocycles. The quantitative estimate of drug-likeness (QED) is 0.566. The summed E-state index contributed by atoms with van der Waals surface area (Å²) in [5.41, 5.74) is 0. The van der Waals surface area contributed by atoms with Gasteiger partial charge in [-0.1, -0.05) is 36.0 Å². The average Bonchev–Trinajstić information content (AvgIpc) is 2.63. The summed E-state index contributed by atoms with van der Waals surface area (Å²) in [7, 11) is -3.54. The Morgan fingerprint density at radius 3 is 2.39 bits per heavy atom. The third-order valence-electron chi connectivity index (χ3n) is 2.27. The third-order valence-corrected chi connectivity index (χ3v) is 5.75. The molecule has 0 saturated carbocycles. The molecule has 0 unspecified atom stereocenters. The normalized spacial score (nSPS) is 11.9. The van der Waals surface area contributed by atoms with Gasteiger partial charge in [0.05, 0.1) is 4.34 Å². The van der Waals surface area contributed by atoms with Gasteiger partial charge in [-0.3, -0.25) is 0 Å². The summed E-state index contributed by atoms with van der Waals surface area (Å²) in [5, 5.41) is 0. The lowest BCUT2D eigenvalue weighted by molar-refractivity contribution is 0.574. The van der Waals surface area contributed by atoms with E-state index in [-0.39, 0.29) is 9.23 Å². The van der Waals surface area contributed by atoms with Gasteiger partial charge in [-0.05, 0) is 18.9 Å². The summed E-state index contributed by atoms with van der Waals surface area (Å²) >= 11 is 18.1. The molecule has 1 heterocycles. The predicted molar refractivity (Wildman–Crippen MR) is 78.7 cm³/mol. The minimum absolute atomic E-state index is 0.0555. The van der Waals surface area contributed by atoms with Crippen LogP contribution in [0.4, 0.5) is 0 Å². The molecule has 0 fully saturated rings.